The molecule has 1 amide bonds. The van der Waals surface area contributed by atoms with Gasteiger partial charge in [-0.2, -0.15) is 5.10 Å². The number of nitrogens with zero attached hydrogens (tertiary/aromatic N) is 3. The molecule has 0 atom stereocenters. The molecule has 28 heavy (non-hydrogen) atoms. The number of aromatic nitrogens is 2. The van der Waals surface area contributed by atoms with E-state index >= 15 is 0 Å². The smallest absolute Gasteiger partial charge is 0.264 e. The number of hydrogen-bond donors (Lipinski definition) is 0. The summed E-state index contributed by atoms with van der Waals surface area (Å²) < 4.78 is 8.69. The fraction of sp³-hybridized carbons (Fsp3) is 0.333. The number of thiophene rings is 1. The standard InChI is InChI=1S/C21H24BrN3O2S/c1-5-25-10-17(22)18(23-25)11-24(4)21(26)20-9-16(13-28-20)12-27-19-7-6-14(2)8-15(19)3/h6-10,13H,5,11-12H2,1-4H3. The Balaban J connectivity index is 1.62. The summed E-state index contributed by atoms with van der Waals surface area (Å²) in [4.78, 5) is 15.2. The van der Waals surface area contributed by atoms with Gasteiger partial charge in [0.2, 0.25) is 0 Å². The van der Waals surface area contributed by atoms with Crippen LogP contribution in [0, 0.1) is 13.8 Å². The lowest BCUT2D eigenvalue weighted by molar-refractivity contribution is 0.0787. The third-order valence-corrected chi connectivity index (χ3v) is 6.06. The maximum Gasteiger partial charge on any atom is 0.264 e. The molecule has 3 aromatic rings. The molecular formula is C21H24BrN3O2S. The van der Waals surface area contributed by atoms with E-state index in [2.05, 4.69) is 34.0 Å². The number of halogens is 1. The predicted molar refractivity (Wildman–Crippen MR) is 116 cm³/mol. The van der Waals surface area contributed by atoms with Crippen molar-refractivity contribution in [3.63, 3.8) is 0 Å². The van der Waals surface area contributed by atoms with Gasteiger partial charge in [0.25, 0.3) is 5.91 Å². The first-order valence-electron chi connectivity index (χ1n) is 9.12. The van der Waals surface area contributed by atoms with Crippen molar-refractivity contribution in [2.45, 2.75) is 40.5 Å². The van der Waals surface area contributed by atoms with Crippen LogP contribution in [0.3, 0.4) is 0 Å². The topological polar surface area (TPSA) is 47.4 Å². The van der Waals surface area contributed by atoms with Gasteiger partial charge in [-0.25, -0.2) is 0 Å². The van der Waals surface area contributed by atoms with Gasteiger partial charge in [-0.1, -0.05) is 17.7 Å². The second-order valence-corrected chi connectivity index (χ2v) is 8.58. The normalized spacial score (nSPS) is 10.9. The van der Waals surface area contributed by atoms with E-state index in [4.69, 9.17) is 4.74 Å². The lowest BCUT2D eigenvalue weighted by Gasteiger charge is -2.15. The molecule has 0 aliphatic carbocycles. The van der Waals surface area contributed by atoms with Crippen LogP contribution in [0.4, 0.5) is 0 Å². The van der Waals surface area contributed by atoms with Crippen molar-refractivity contribution in [3.8, 4) is 5.75 Å². The molecule has 0 bridgehead atoms. The van der Waals surface area contributed by atoms with Crippen molar-refractivity contribution in [2.24, 2.45) is 0 Å². The van der Waals surface area contributed by atoms with Crippen molar-refractivity contribution < 1.29 is 9.53 Å². The van der Waals surface area contributed by atoms with Gasteiger partial charge in [0.1, 0.15) is 12.4 Å². The van der Waals surface area contributed by atoms with Crippen molar-refractivity contribution in [2.75, 3.05) is 7.05 Å². The van der Waals surface area contributed by atoms with Gasteiger partial charge < -0.3 is 9.64 Å². The zero-order chi connectivity index (χ0) is 20.3. The molecule has 0 fully saturated rings. The summed E-state index contributed by atoms with van der Waals surface area (Å²) in [5, 5.41) is 6.46. The Morgan fingerprint density at radius 1 is 1.32 bits per heavy atom. The third kappa shape index (κ3) is 4.83. The van der Waals surface area contributed by atoms with E-state index in [1.54, 1.807) is 11.9 Å². The van der Waals surface area contributed by atoms with E-state index in [-0.39, 0.29) is 5.91 Å². The zero-order valence-electron chi connectivity index (χ0n) is 16.5. The van der Waals surface area contributed by atoms with Crippen molar-refractivity contribution in [1.82, 2.24) is 14.7 Å². The summed E-state index contributed by atoms with van der Waals surface area (Å²) >= 11 is 4.96. The van der Waals surface area contributed by atoms with Crippen LogP contribution < -0.4 is 4.74 Å². The van der Waals surface area contributed by atoms with Gasteiger partial charge in [0.05, 0.1) is 21.6 Å². The highest BCUT2D eigenvalue weighted by Gasteiger charge is 2.17. The third-order valence-electron chi connectivity index (χ3n) is 4.43. The maximum atomic E-state index is 12.8. The minimum absolute atomic E-state index is 0.0132. The zero-order valence-corrected chi connectivity index (χ0v) is 18.9. The number of rotatable bonds is 7. The first-order valence-corrected chi connectivity index (χ1v) is 10.8. The highest BCUT2D eigenvalue weighted by molar-refractivity contribution is 9.10. The van der Waals surface area contributed by atoms with E-state index in [1.807, 2.05) is 48.3 Å². The number of benzene rings is 1. The van der Waals surface area contributed by atoms with Crippen molar-refractivity contribution in [1.29, 1.82) is 0 Å². The maximum absolute atomic E-state index is 12.8. The Hall–Kier alpha value is -2.12. The van der Waals surface area contributed by atoms with Gasteiger partial charge in [-0.05, 0) is 59.8 Å². The molecule has 0 saturated heterocycles. The van der Waals surface area contributed by atoms with Crippen LogP contribution in [-0.2, 0) is 19.7 Å². The highest BCUT2D eigenvalue weighted by Crippen LogP contribution is 2.23. The number of amides is 1. The molecule has 3 rings (SSSR count). The Morgan fingerprint density at radius 2 is 2.11 bits per heavy atom. The fourth-order valence-corrected chi connectivity index (χ4v) is 4.21. The average Bonchev–Trinajstić information content (AvgIpc) is 3.27. The predicted octanol–water partition coefficient (Wildman–Crippen LogP) is 5.20. The van der Waals surface area contributed by atoms with E-state index in [9.17, 15) is 4.79 Å². The Kier molecular flexibility index (Phi) is 6.57. The Labute approximate surface area is 178 Å². The van der Waals surface area contributed by atoms with Gasteiger partial charge in [-0.3, -0.25) is 9.48 Å². The molecule has 2 aromatic heterocycles. The second-order valence-electron chi connectivity index (χ2n) is 6.82. The van der Waals surface area contributed by atoms with Crippen molar-refractivity contribution in [3.05, 3.63) is 67.6 Å². The molecule has 0 aliphatic heterocycles. The lowest BCUT2D eigenvalue weighted by Crippen LogP contribution is -2.25. The SMILES string of the molecule is CCn1cc(Br)c(CN(C)C(=O)c2cc(COc3ccc(C)cc3C)cs2)n1. The number of aryl methyl sites for hydroxylation is 3. The first kappa shape index (κ1) is 20.6. The first-order chi connectivity index (χ1) is 13.4. The molecule has 0 radical (unpaired) electrons. The van der Waals surface area contributed by atoms with E-state index in [1.165, 1.54) is 16.9 Å². The summed E-state index contributed by atoms with van der Waals surface area (Å²) in [7, 11) is 1.80. The summed E-state index contributed by atoms with van der Waals surface area (Å²) in [6, 6.07) is 8.04. The van der Waals surface area contributed by atoms with E-state index in [0.717, 1.165) is 33.6 Å². The molecule has 2 heterocycles. The molecule has 0 saturated carbocycles. The van der Waals surface area contributed by atoms with Gasteiger partial charge in [0.15, 0.2) is 0 Å². The monoisotopic (exact) mass is 461 g/mol. The molecule has 0 spiro atoms. The number of ether oxygens (including phenoxy) is 1. The van der Waals surface area contributed by atoms with Crippen LogP contribution in [0.15, 0.2) is 40.3 Å². The minimum Gasteiger partial charge on any atom is -0.489 e. The molecule has 0 N–H and O–H groups in total. The number of carbonyl (C=O) groups excluding carboxylic acids is 1. The quantitative estimate of drug-likeness (QED) is 0.485. The van der Waals surface area contributed by atoms with Crippen molar-refractivity contribution >= 4 is 33.2 Å². The van der Waals surface area contributed by atoms with Crippen LogP contribution in [0.5, 0.6) is 5.75 Å². The highest BCUT2D eigenvalue weighted by atomic mass is 79.9. The number of hydrogen-bond acceptors (Lipinski definition) is 4. The summed E-state index contributed by atoms with van der Waals surface area (Å²) in [6.07, 6.45) is 1.93. The molecule has 148 valence electrons. The van der Waals surface area contributed by atoms with Gasteiger partial charge in [0, 0.05) is 25.4 Å². The van der Waals surface area contributed by atoms with E-state index in [0.29, 0.717) is 18.0 Å². The second kappa shape index (κ2) is 8.92. The Bertz CT molecular complexity index is 980. The van der Waals surface area contributed by atoms with Crippen LogP contribution >= 0.6 is 27.3 Å². The summed E-state index contributed by atoms with van der Waals surface area (Å²) in [6.45, 7) is 7.84. The molecule has 0 unspecified atom stereocenters. The van der Waals surface area contributed by atoms with Gasteiger partial charge in [-0.15, -0.1) is 11.3 Å². The van der Waals surface area contributed by atoms with Crippen LogP contribution in [0.1, 0.15) is 39.0 Å². The Morgan fingerprint density at radius 3 is 2.79 bits per heavy atom. The molecule has 0 aliphatic rings. The fourth-order valence-electron chi connectivity index (χ4n) is 2.88. The molecule has 7 heteroatoms. The molecule has 5 nitrogen and oxygen atoms in total. The van der Waals surface area contributed by atoms with Gasteiger partial charge >= 0.3 is 0 Å². The van der Waals surface area contributed by atoms with Crippen LogP contribution in [0.2, 0.25) is 0 Å². The van der Waals surface area contributed by atoms with Crippen LogP contribution in [0.25, 0.3) is 0 Å². The minimum atomic E-state index is -0.0132. The van der Waals surface area contributed by atoms with E-state index < -0.39 is 0 Å². The summed E-state index contributed by atoms with van der Waals surface area (Å²) in [5.41, 5.74) is 4.18. The molecule has 1 aromatic carbocycles. The lowest BCUT2D eigenvalue weighted by atomic mass is 10.1. The van der Waals surface area contributed by atoms with Crippen LogP contribution in [-0.4, -0.2) is 27.6 Å². The summed E-state index contributed by atoms with van der Waals surface area (Å²) in [5.74, 6) is 0.860. The number of carbonyl (C=O) groups is 1. The average molecular weight is 462 g/mol. The largest absolute Gasteiger partial charge is 0.489 e. The molecular weight excluding hydrogens is 438 g/mol.